The number of hydrogen-bond donors (Lipinski definition) is 1. The van der Waals surface area contributed by atoms with Crippen LogP contribution in [0.1, 0.15) is 40.4 Å². The minimum Gasteiger partial charge on any atom is -0.382 e. The van der Waals surface area contributed by atoms with Crippen LogP contribution >= 0.6 is 11.3 Å². The molecule has 3 nitrogen and oxygen atoms in total. The fraction of sp³-hybridized carbons (Fsp3) is 0.615. The molecule has 0 atom stereocenters. The lowest BCUT2D eigenvalue weighted by Crippen LogP contribution is -2.24. The van der Waals surface area contributed by atoms with Crippen molar-refractivity contribution < 1.29 is 9.53 Å². The summed E-state index contributed by atoms with van der Waals surface area (Å²) in [6.07, 6.45) is 1.85. The van der Waals surface area contributed by atoms with Gasteiger partial charge in [0.05, 0.1) is 4.88 Å². The predicted octanol–water partition coefficient (Wildman–Crippen LogP) is 2.78. The summed E-state index contributed by atoms with van der Waals surface area (Å²) < 4.78 is 5.21. The van der Waals surface area contributed by atoms with Gasteiger partial charge in [0.2, 0.25) is 0 Å². The Morgan fingerprint density at radius 1 is 1.47 bits per heavy atom. The van der Waals surface area contributed by atoms with Crippen LogP contribution in [-0.2, 0) is 11.2 Å². The zero-order valence-corrected chi connectivity index (χ0v) is 11.7. The Morgan fingerprint density at radius 2 is 2.24 bits per heavy atom. The summed E-state index contributed by atoms with van der Waals surface area (Å²) >= 11 is 1.57. The largest absolute Gasteiger partial charge is 0.382 e. The predicted molar refractivity (Wildman–Crippen MR) is 71.9 cm³/mol. The fourth-order valence-electron chi connectivity index (χ4n) is 1.59. The van der Waals surface area contributed by atoms with E-state index in [1.165, 1.54) is 10.4 Å². The molecule has 0 saturated carbocycles. The second-order valence-corrected chi connectivity index (χ2v) is 5.11. The topological polar surface area (TPSA) is 38.3 Å². The first-order valence-electron chi connectivity index (χ1n) is 6.14. The van der Waals surface area contributed by atoms with Crippen molar-refractivity contribution in [2.45, 2.75) is 33.6 Å². The van der Waals surface area contributed by atoms with Gasteiger partial charge in [-0.15, -0.1) is 11.3 Å². The van der Waals surface area contributed by atoms with Crippen LogP contribution in [0.2, 0.25) is 0 Å². The summed E-state index contributed by atoms with van der Waals surface area (Å²) in [7, 11) is 0. The Balaban J connectivity index is 2.36. The van der Waals surface area contributed by atoms with Gasteiger partial charge in [-0.1, -0.05) is 6.92 Å². The zero-order valence-electron chi connectivity index (χ0n) is 10.8. The summed E-state index contributed by atoms with van der Waals surface area (Å²) in [5, 5.41) is 2.91. The number of nitrogens with one attached hydrogen (secondary N) is 1. The highest BCUT2D eigenvalue weighted by molar-refractivity contribution is 7.14. The highest BCUT2D eigenvalue weighted by Crippen LogP contribution is 2.21. The van der Waals surface area contributed by atoms with E-state index in [1.807, 2.05) is 13.0 Å². The standard InChI is InChI=1S/C13H21NO2S/c1-4-11-9-12(17-10(11)3)13(15)14-7-6-8-16-5-2/h9H,4-8H2,1-3H3,(H,14,15). The van der Waals surface area contributed by atoms with Gasteiger partial charge in [0, 0.05) is 24.6 Å². The second kappa shape index (κ2) is 7.45. The second-order valence-electron chi connectivity index (χ2n) is 3.85. The van der Waals surface area contributed by atoms with E-state index < -0.39 is 0 Å². The van der Waals surface area contributed by atoms with Gasteiger partial charge >= 0.3 is 0 Å². The molecule has 0 aromatic carbocycles. The summed E-state index contributed by atoms with van der Waals surface area (Å²) in [5.41, 5.74) is 1.27. The molecular weight excluding hydrogens is 234 g/mol. The third kappa shape index (κ3) is 4.48. The van der Waals surface area contributed by atoms with Crippen molar-refractivity contribution in [1.29, 1.82) is 0 Å². The number of aryl methyl sites for hydroxylation is 2. The van der Waals surface area contributed by atoms with Crippen molar-refractivity contribution in [3.63, 3.8) is 0 Å². The Kier molecular flexibility index (Phi) is 6.22. The van der Waals surface area contributed by atoms with E-state index in [-0.39, 0.29) is 5.91 Å². The molecule has 4 heteroatoms. The monoisotopic (exact) mass is 255 g/mol. The van der Waals surface area contributed by atoms with Crippen molar-refractivity contribution >= 4 is 17.2 Å². The van der Waals surface area contributed by atoms with Gasteiger partial charge in [-0.3, -0.25) is 4.79 Å². The molecule has 0 radical (unpaired) electrons. The molecule has 0 unspecified atom stereocenters. The van der Waals surface area contributed by atoms with E-state index in [9.17, 15) is 4.79 Å². The van der Waals surface area contributed by atoms with Gasteiger partial charge in [0.15, 0.2) is 0 Å². The molecule has 0 spiro atoms. The third-order valence-corrected chi connectivity index (χ3v) is 3.67. The Hall–Kier alpha value is -0.870. The molecule has 1 N–H and O–H groups in total. The van der Waals surface area contributed by atoms with Crippen LogP contribution in [-0.4, -0.2) is 25.7 Å². The van der Waals surface area contributed by atoms with Crippen molar-refractivity contribution in [3.8, 4) is 0 Å². The average Bonchev–Trinajstić information content (AvgIpc) is 2.70. The van der Waals surface area contributed by atoms with Gasteiger partial charge in [0.25, 0.3) is 5.91 Å². The first-order chi connectivity index (χ1) is 8.19. The van der Waals surface area contributed by atoms with E-state index >= 15 is 0 Å². The summed E-state index contributed by atoms with van der Waals surface area (Å²) in [5.74, 6) is 0.0364. The molecule has 17 heavy (non-hydrogen) atoms. The normalized spacial score (nSPS) is 10.5. The van der Waals surface area contributed by atoms with E-state index in [2.05, 4.69) is 19.2 Å². The molecule has 0 aliphatic carbocycles. The highest BCUT2D eigenvalue weighted by atomic mass is 32.1. The molecule has 96 valence electrons. The number of rotatable bonds is 7. The maximum Gasteiger partial charge on any atom is 0.261 e. The Morgan fingerprint density at radius 3 is 2.82 bits per heavy atom. The molecule has 1 aromatic rings. The summed E-state index contributed by atoms with van der Waals surface area (Å²) in [6, 6.07) is 2.00. The molecule has 0 aliphatic rings. The summed E-state index contributed by atoms with van der Waals surface area (Å²) in [4.78, 5) is 13.9. The molecule has 0 bridgehead atoms. The van der Waals surface area contributed by atoms with Crippen molar-refractivity contribution in [2.75, 3.05) is 19.8 Å². The number of ether oxygens (including phenoxy) is 1. The van der Waals surface area contributed by atoms with E-state index in [0.717, 1.165) is 24.3 Å². The zero-order chi connectivity index (χ0) is 12.7. The van der Waals surface area contributed by atoms with E-state index in [1.54, 1.807) is 11.3 Å². The molecule has 1 amide bonds. The number of hydrogen-bond acceptors (Lipinski definition) is 3. The molecular formula is C13H21NO2S. The van der Waals surface area contributed by atoms with Crippen LogP contribution in [0.5, 0.6) is 0 Å². The summed E-state index contributed by atoms with van der Waals surface area (Å²) in [6.45, 7) is 8.27. The van der Waals surface area contributed by atoms with Gasteiger partial charge in [-0.05, 0) is 38.3 Å². The van der Waals surface area contributed by atoms with Crippen LogP contribution in [0.4, 0.5) is 0 Å². The number of thiophene rings is 1. The maximum atomic E-state index is 11.8. The lowest BCUT2D eigenvalue weighted by molar-refractivity contribution is 0.0948. The van der Waals surface area contributed by atoms with E-state index in [4.69, 9.17) is 4.74 Å². The van der Waals surface area contributed by atoms with Gasteiger partial charge in [-0.25, -0.2) is 0 Å². The SMILES string of the molecule is CCOCCCNC(=O)c1cc(CC)c(C)s1. The maximum absolute atomic E-state index is 11.8. The lowest BCUT2D eigenvalue weighted by Gasteiger charge is -2.03. The van der Waals surface area contributed by atoms with Crippen LogP contribution in [0.3, 0.4) is 0 Å². The first-order valence-corrected chi connectivity index (χ1v) is 6.95. The van der Waals surface area contributed by atoms with Gasteiger partial charge in [-0.2, -0.15) is 0 Å². The fourth-order valence-corrected chi connectivity index (χ4v) is 2.62. The van der Waals surface area contributed by atoms with Gasteiger partial charge in [0.1, 0.15) is 0 Å². The molecule has 0 aliphatic heterocycles. The van der Waals surface area contributed by atoms with Crippen molar-refractivity contribution in [1.82, 2.24) is 5.32 Å². The Labute approximate surface area is 107 Å². The number of amides is 1. The van der Waals surface area contributed by atoms with Crippen LogP contribution in [0.25, 0.3) is 0 Å². The minimum absolute atomic E-state index is 0.0364. The molecule has 1 aromatic heterocycles. The molecule has 1 heterocycles. The minimum atomic E-state index is 0.0364. The number of carbonyl (C=O) groups is 1. The van der Waals surface area contributed by atoms with Crippen molar-refractivity contribution in [2.24, 2.45) is 0 Å². The number of carbonyl (C=O) groups excluding carboxylic acids is 1. The first kappa shape index (κ1) is 14.2. The van der Waals surface area contributed by atoms with Crippen molar-refractivity contribution in [3.05, 3.63) is 21.4 Å². The third-order valence-electron chi connectivity index (χ3n) is 2.58. The lowest BCUT2D eigenvalue weighted by atomic mass is 10.2. The quantitative estimate of drug-likeness (QED) is 0.761. The van der Waals surface area contributed by atoms with Crippen LogP contribution < -0.4 is 5.32 Å². The molecule has 1 rings (SSSR count). The van der Waals surface area contributed by atoms with Crippen LogP contribution in [0.15, 0.2) is 6.07 Å². The van der Waals surface area contributed by atoms with E-state index in [0.29, 0.717) is 13.2 Å². The molecule has 0 saturated heterocycles. The average molecular weight is 255 g/mol. The van der Waals surface area contributed by atoms with Crippen LogP contribution in [0, 0.1) is 6.92 Å². The van der Waals surface area contributed by atoms with Gasteiger partial charge < -0.3 is 10.1 Å². The highest BCUT2D eigenvalue weighted by Gasteiger charge is 2.10. The Bertz CT molecular complexity index is 360. The smallest absolute Gasteiger partial charge is 0.261 e. The molecule has 0 fully saturated rings.